The summed E-state index contributed by atoms with van der Waals surface area (Å²) in [6.45, 7) is 3.56. The quantitative estimate of drug-likeness (QED) is 0.585. The van der Waals surface area contributed by atoms with Crippen LogP contribution in [-0.2, 0) is 0 Å². The van der Waals surface area contributed by atoms with Gasteiger partial charge in [0.15, 0.2) is 0 Å². The molecule has 0 spiro atoms. The Morgan fingerprint density at radius 2 is 2.60 bits per heavy atom. The average Bonchev–Trinajstić information content (AvgIpc) is 2.42. The Bertz CT molecular complexity index is 331. The number of hydrogen-bond donors (Lipinski definition) is 0. The summed E-state index contributed by atoms with van der Waals surface area (Å²) in [7, 11) is 0. The van der Waals surface area contributed by atoms with E-state index in [1.807, 2.05) is 0 Å². The van der Waals surface area contributed by atoms with Crippen LogP contribution in [0.3, 0.4) is 0 Å². The highest BCUT2D eigenvalue weighted by Gasteiger charge is 1.99. The van der Waals surface area contributed by atoms with Gasteiger partial charge in [0.25, 0.3) is 0 Å². The molecular formula is C6H5N3O. The molecule has 0 aliphatic rings. The van der Waals surface area contributed by atoms with Crippen molar-refractivity contribution >= 4 is 11.9 Å². The summed E-state index contributed by atoms with van der Waals surface area (Å²) >= 11 is 0. The third kappa shape index (κ3) is 0.556. The molecule has 0 saturated heterocycles. The van der Waals surface area contributed by atoms with Crippen LogP contribution in [0.5, 0.6) is 0 Å². The maximum atomic E-state index is 4.89. The van der Waals surface area contributed by atoms with E-state index in [0.29, 0.717) is 5.84 Å². The minimum atomic E-state index is 0.495. The van der Waals surface area contributed by atoms with E-state index in [4.69, 9.17) is 4.42 Å². The first-order valence-electron chi connectivity index (χ1n) is 2.81. The summed E-state index contributed by atoms with van der Waals surface area (Å²) in [5, 5.41) is 3.83. The van der Waals surface area contributed by atoms with Crippen LogP contribution in [0.4, 0.5) is 0 Å². The van der Waals surface area contributed by atoms with E-state index in [2.05, 4.69) is 16.7 Å². The predicted molar refractivity (Wildman–Crippen MR) is 35.3 cm³/mol. The molecule has 4 nitrogen and oxygen atoms in total. The molecule has 0 N–H and O–H groups in total. The zero-order chi connectivity index (χ0) is 6.97. The number of rotatable bonds is 1. The van der Waals surface area contributed by atoms with E-state index in [9.17, 15) is 0 Å². The summed E-state index contributed by atoms with van der Waals surface area (Å²) in [6.07, 6.45) is 4.73. The number of fused-ring (bicyclic) bond motifs is 1. The largest absolute Gasteiger partial charge is 0.410 e. The molecule has 0 bridgehead atoms. The molecule has 4 heteroatoms. The van der Waals surface area contributed by atoms with Gasteiger partial charge in [-0.3, -0.25) is 0 Å². The van der Waals surface area contributed by atoms with Crippen LogP contribution < -0.4 is 0 Å². The number of nitrogens with zero attached hydrogens (tertiary/aromatic N) is 3. The third-order valence-corrected chi connectivity index (χ3v) is 1.21. The van der Waals surface area contributed by atoms with Gasteiger partial charge >= 0.3 is 5.84 Å². The van der Waals surface area contributed by atoms with E-state index in [-0.39, 0.29) is 0 Å². The van der Waals surface area contributed by atoms with Gasteiger partial charge in [0.05, 0.1) is 11.9 Å². The topological polar surface area (TPSA) is 43.3 Å². The van der Waals surface area contributed by atoms with Crippen molar-refractivity contribution in [2.75, 3.05) is 0 Å². The maximum Gasteiger partial charge on any atom is 0.324 e. The lowest BCUT2D eigenvalue weighted by Gasteiger charge is -1.72. The molecule has 0 aliphatic carbocycles. The number of hydrogen-bond acceptors (Lipinski definition) is 3. The normalized spacial score (nSPS) is 10.4. The average molecular weight is 135 g/mol. The second kappa shape index (κ2) is 1.70. The van der Waals surface area contributed by atoms with Gasteiger partial charge in [-0.25, -0.2) is 0 Å². The Kier molecular flexibility index (Phi) is 0.887. The van der Waals surface area contributed by atoms with E-state index in [1.54, 1.807) is 16.8 Å². The van der Waals surface area contributed by atoms with Crippen LogP contribution in [0, 0.1) is 0 Å². The lowest BCUT2D eigenvalue weighted by molar-refractivity contribution is 0.589. The predicted octanol–water partition coefficient (Wildman–Crippen LogP) is 0.965. The molecule has 2 rings (SSSR count). The smallest absolute Gasteiger partial charge is 0.324 e. The van der Waals surface area contributed by atoms with Gasteiger partial charge in [-0.15, -0.1) is 5.10 Å². The summed E-state index contributed by atoms with van der Waals surface area (Å²) in [4.78, 5) is 4.01. The van der Waals surface area contributed by atoms with E-state index < -0.39 is 0 Å². The van der Waals surface area contributed by atoms with Gasteiger partial charge in [-0.05, 0) is 6.08 Å². The van der Waals surface area contributed by atoms with Gasteiger partial charge in [0.1, 0.15) is 0 Å². The molecule has 0 radical (unpaired) electrons. The van der Waals surface area contributed by atoms with Gasteiger partial charge in [-0.1, -0.05) is 6.58 Å². The fourth-order valence-electron chi connectivity index (χ4n) is 0.754. The van der Waals surface area contributed by atoms with Gasteiger partial charge in [0, 0.05) is 0 Å². The molecule has 0 fully saturated rings. The van der Waals surface area contributed by atoms with Crippen LogP contribution in [0.15, 0.2) is 23.6 Å². The standard InChI is InChI=1S/C6H5N3O/c1-2-5-3-9-6(8-5)10-4-7-9/h2-4H,1H2. The highest BCUT2D eigenvalue weighted by atomic mass is 16.4. The first kappa shape index (κ1) is 5.22. The van der Waals surface area contributed by atoms with Crippen molar-refractivity contribution in [2.24, 2.45) is 0 Å². The zero-order valence-electron chi connectivity index (χ0n) is 5.19. The maximum absolute atomic E-state index is 4.89. The summed E-state index contributed by atoms with van der Waals surface area (Å²) in [5.74, 6) is 0.495. The highest BCUT2D eigenvalue weighted by molar-refractivity contribution is 5.44. The van der Waals surface area contributed by atoms with Crippen molar-refractivity contribution in [1.82, 2.24) is 14.6 Å². The van der Waals surface area contributed by atoms with Crippen LogP contribution in [0.1, 0.15) is 5.69 Å². The molecule has 2 heterocycles. The van der Waals surface area contributed by atoms with Crippen LogP contribution in [-0.4, -0.2) is 14.6 Å². The Balaban J connectivity index is 2.78. The minimum Gasteiger partial charge on any atom is -0.410 e. The molecule has 2 aromatic rings. The van der Waals surface area contributed by atoms with Gasteiger partial charge in [-0.2, -0.15) is 9.50 Å². The second-order valence-corrected chi connectivity index (χ2v) is 1.84. The summed E-state index contributed by atoms with van der Waals surface area (Å²) < 4.78 is 6.45. The van der Waals surface area contributed by atoms with Crippen molar-refractivity contribution in [1.29, 1.82) is 0 Å². The minimum absolute atomic E-state index is 0.495. The van der Waals surface area contributed by atoms with Crippen molar-refractivity contribution in [2.45, 2.75) is 0 Å². The molecule has 0 aromatic carbocycles. The van der Waals surface area contributed by atoms with Crippen molar-refractivity contribution in [3.05, 3.63) is 24.9 Å². The number of imidazole rings is 1. The fraction of sp³-hybridized carbons (Fsp3) is 0. The first-order chi connectivity index (χ1) is 4.90. The SMILES string of the molecule is C=Cc1cn2ncoc2n1. The van der Waals surface area contributed by atoms with E-state index in [1.165, 1.54) is 6.39 Å². The monoisotopic (exact) mass is 135 g/mol. The van der Waals surface area contributed by atoms with Crippen molar-refractivity contribution in [3.8, 4) is 0 Å². The van der Waals surface area contributed by atoms with Crippen molar-refractivity contribution in [3.63, 3.8) is 0 Å². The fourth-order valence-corrected chi connectivity index (χ4v) is 0.754. The number of aromatic nitrogens is 3. The Morgan fingerprint density at radius 3 is 3.30 bits per heavy atom. The molecule has 0 amide bonds. The molecule has 10 heavy (non-hydrogen) atoms. The lowest BCUT2D eigenvalue weighted by Crippen LogP contribution is -1.75. The Hall–Kier alpha value is -1.58. The Morgan fingerprint density at radius 1 is 1.70 bits per heavy atom. The summed E-state index contributed by atoms with van der Waals surface area (Å²) in [5.41, 5.74) is 0.770. The zero-order valence-corrected chi connectivity index (χ0v) is 5.19. The molecular weight excluding hydrogens is 130 g/mol. The highest BCUT2D eigenvalue weighted by Crippen LogP contribution is 2.02. The molecule has 0 saturated carbocycles. The molecule has 2 aromatic heterocycles. The lowest BCUT2D eigenvalue weighted by atomic mass is 10.5. The van der Waals surface area contributed by atoms with E-state index in [0.717, 1.165) is 5.69 Å². The van der Waals surface area contributed by atoms with Crippen LogP contribution in [0.2, 0.25) is 0 Å². The first-order valence-corrected chi connectivity index (χ1v) is 2.81. The molecule has 0 atom stereocenters. The Labute approximate surface area is 56.8 Å². The van der Waals surface area contributed by atoms with Gasteiger partial charge in [0.2, 0.25) is 6.39 Å². The van der Waals surface area contributed by atoms with E-state index >= 15 is 0 Å². The molecule has 0 aliphatic heterocycles. The van der Waals surface area contributed by atoms with Crippen molar-refractivity contribution < 1.29 is 4.42 Å². The van der Waals surface area contributed by atoms with Crippen LogP contribution >= 0.6 is 0 Å². The molecule has 0 unspecified atom stereocenters. The second-order valence-electron chi connectivity index (χ2n) is 1.84. The third-order valence-electron chi connectivity index (χ3n) is 1.21. The van der Waals surface area contributed by atoms with Crippen LogP contribution in [0.25, 0.3) is 11.9 Å². The summed E-state index contributed by atoms with van der Waals surface area (Å²) in [6, 6.07) is 0. The van der Waals surface area contributed by atoms with Gasteiger partial charge < -0.3 is 4.42 Å². The molecule has 50 valence electrons.